The van der Waals surface area contributed by atoms with Crippen molar-refractivity contribution in [1.29, 1.82) is 0 Å². The van der Waals surface area contributed by atoms with Gasteiger partial charge in [0.2, 0.25) is 0 Å². The largest absolute Gasteiger partial charge is 0.461 e. The second kappa shape index (κ2) is 9.89. The molecule has 0 aromatic carbocycles. The Morgan fingerprint density at radius 3 is 2.38 bits per heavy atom. The number of nitrogens with two attached hydrogens (primary N) is 1. The summed E-state index contributed by atoms with van der Waals surface area (Å²) >= 11 is 0. The van der Waals surface area contributed by atoms with Crippen molar-refractivity contribution < 1.29 is 22.3 Å². The highest BCUT2D eigenvalue weighted by Crippen LogP contribution is 2.41. The molecule has 0 atom stereocenters. The molecule has 206 valence electrons. The highest BCUT2D eigenvalue weighted by atomic mass is 19.4. The van der Waals surface area contributed by atoms with E-state index in [-0.39, 0.29) is 23.1 Å². The minimum Gasteiger partial charge on any atom is -0.461 e. The summed E-state index contributed by atoms with van der Waals surface area (Å²) in [5.41, 5.74) is 3.53. The van der Waals surface area contributed by atoms with Crippen LogP contribution in [-0.2, 0) is 6.18 Å². The van der Waals surface area contributed by atoms with Gasteiger partial charge in [0.05, 0.1) is 22.1 Å². The van der Waals surface area contributed by atoms with Crippen molar-refractivity contribution in [2.45, 2.75) is 50.2 Å². The fraction of sp³-hybridized carbons (Fsp3) is 0.481. The number of hydrogen-bond donors (Lipinski definition) is 1. The predicted octanol–water partition coefficient (Wildman–Crippen LogP) is 4.99. The van der Waals surface area contributed by atoms with Crippen LogP contribution in [0.5, 0.6) is 6.01 Å². The van der Waals surface area contributed by atoms with Crippen molar-refractivity contribution in [1.82, 2.24) is 24.8 Å². The summed E-state index contributed by atoms with van der Waals surface area (Å²) in [4.78, 5) is 22.0. The molecular weight excluding hydrogens is 514 g/mol. The summed E-state index contributed by atoms with van der Waals surface area (Å²) in [7, 11) is 0. The molecule has 0 radical (unpaired) electrons. The molecule has 39 heavy (non-hydrogen) atoms. The van der Waals surface area contributed by atoms with Gasteiger partial charge in [0.25, 0.3) is 0 Å². The van der Waals surface area contributed by atoms with Crippen molar-refractivity contribution in [3.05, 3.63) is 41.9 Å². The number of hydrogen-bond acceptors (Lipinski definition) is 8. The molecule has 8 nitrogen and oxygen atoms in total. The number of halogens is 4. The first-order valence-corrected chi connectivity index (χ1v) is 13.2. The number of pyridine rings is 2. The maximum absolute atomic E-state index is 14.4. The summed E-state index contributed by atoms with van der Waals surface area (Å²) in [5, 5.41) is 0.562. The fourth-order valence-electron chi connectivity index (χ4n) is 6.09. The summed E-state index contributed by atoms with van der Waals surface area (Å²) in [6.45, 7) is 3.96. The smallest absolute Gasteiger partial charge is 0.421 e. The minimum atomic E-state index is -4.99. The van der Waals surface area contributed by atoms with Crippen LogP contribution in [0.15, 0.2) is 30.5 Å². The van der Waals surface area contributed by atoms with E-state index in [0.717, 1.165) is 51.6 Å². The predicted molar refractivity (Wildman–Crippen MR) is 139 cm³/mol. The second-order valence-corrected chi connectivity index (χ2v) is 10.4. The summed E-state index contributed by atoms with van der Waals surface area (Å²) in [6, 6.07) is 2.08. The summed E-state index contributed by atoms with van der Waals surface area (Å²) < 4.78 is 62.0. The lowest BCUT2D eigenvalue weighted by molar-refractivity contribution is -0.139. The van der Waals surface area contributed by atoms with E-state index < -0.39 is 23.3 Å². The number of nitrogens with zero attached hydrogens (tertiary/aromatic N) is 6. The Balaban J connectivity index is 1.44. The number of fused-ring (bicyclic) bond motifs is 2. The molecule has 3 aromatic heterocycles. The third-order valence-corrected chi connectivity index (χ3v) is 7.94. The van der Waals surface area contributed by atoms with Gasteiger partial charge in [0, 0.05) is 25.4 Å². The lowest BCUT2D eigenvalue weighted by Gasteiger charge is -2.31. The van der Waals surface area contributed by atoms with E-state index in [0.29, 0.717) is 42.5 Å². The molecule has 0 aliphatic carbocycles. The Morgan fingerprint density at radius 1 is 0.974 bits per heavy atom. The molecule has 0 spiro atoms. The highest BCUT2D eigenvalue weighted by Gasteiger charge is 2.45. The van der Waals surface area contributed by atoms with Crippen molar-refractivity contribution in [2.75, 3.05) is 43.4 Å². The van der Waals surface area contributed by atoms with Crippen molar-refractivity contribution in [3.8, 4) is 17.4 Å². The van der Waals surface area contributed by atoms with E-state index >= 15 is 0 Å². The van der Waals surface area contributed by atoms with Gasteiger partial charge in [-0.25, -0.2) is 9.37 Å². The molecule has 0 bridgehead atoms. The van der Waals surface area contributed by atoms with E-state index in [1.807, 2.05) is 0 Å². The van der Waals surface area contributed by atoms with Gasteiger partial charge < -0.3 is 15.4 Å². The van der Waals surface area contributed by atoms with Crippen molar-refractivity contribution in [2.24, 2.45) is 0 Å². The highest BCUT2D eigenvalue weighted by molar-refractivity contribution is 5.91. The Morgan fingerprint density at radius 2 is 1.69 bits per heavy atom. The lowest BCUT2D eigenvalue weighted by atomic mass is 9.95. The van der Waals surface area contributed by atoms with Crippen LogP contribution in [0.4, 0.5) is 29.2 Å². The Labute approximate surface area is 222 Å². The molecule has 12 heteroatoms. The van der Waals surface area contributed by atoms with E-state index in [1.54, 1.807) is 0 Å². The molecule has 2 N–H and O–H groups in total. The van der Waals surface area contributed by atoms with Crippen LogP contribution < -0.4 is 15.4 Å². The van der Waals surface area contributed by atoms with Crippen LogP contribution in [0.3, 0.4) is 0 Å². The Kier molecular flexibility index (Phi) is 6.52. The zero-order valence-corrected chi connectivity index (χ0v) is 21.3. The standard InChI is InChI=1S/C27H29F4N7O/c28-18-13-21(32)35-23(22(18)27(29,30)31)20-14-19-17(15-33-20)24(37-9-3-1-2-4-10-37)36-25(34-19)39-16-26-7-5-11-38(26)12-6-8-26/h1-2,13-15H,3-12,16H2,(H2,32,35). The topological polar surface area (TPSA) is 93.3 Å². The van der Waals surface area contributed by atoms with E-state index in [4.69, 9.17) is 15.5 Å². The van der Waals surface area contributed by atoms with Gasteiger partial charge in [0.15, 0.2) is 0 Å². The third kappa shape index (κ3) is 4.86. The van der Waals surface area contributed by atoms with Gasteiger partial charge in [-0.2, -0.15) is 23.1 Å². The minimum absolute atomic E-state index is 0.0287. The molecule has 0 unspecified atom stereocenters. The second-order valence-electron chi connectivity index (χ2n) is 10.4. The molecule has 0 saturated carbocycles. The zero-order valence-electron chi connectivity index (χ0n) is 21.3. The molecular formula is C27H29F4N7O. The summed E-state index contributed by atoms with van der Waals surface area (Å²) in [5.74, 6) is -1.28. The number of ether oxygens (including phenoxy) is 1. The van der Waals surface area contributed by atoms with E-state index in [1.165, 1.54) is 12.3 Å². The normalized spacial score (nSPS) is 19.4. The first-order chi connectivity index (χ1) is 18.7. The van der Waals surface area contributed by atoms with Crippen LogP contribution in [0, 0.1) is 5.82 Å². The van der Waals surface area contributed by atoms with E-state index in [9.17, 15) is 17.6 Å². The third-order valence-electron chi connectivity index (χ3n) is 7.94. The Bertz CT molecular complexity index is 1410. The number of nitrogen functional groups attached to an aromatic ring is 1. The van der Waals surface area contributed by atoms with Crippen LogP contribution in [0.2, 0.25) is 0 Å². The van der Waals surface area contributed by atoms with Gasteiger partial charge in [-0.1, -0.05) is 12.2 Å². The average Bonchev–Trinajstić information content (AvgIpc) is 3.35. The van der Waals surface area contributed by atoms with Crippen molar-refractivity contribution >= 4 is 22.5 Å². The molecule has 6 heterocycles. The Hall–Kier alpha value is -3.54. The monoisotopic (exact) mass is 543 g/mol. The molecule has 3 aromatic rings. The number of aromatic nitrogens is 4. The molecule has 3 aliphatic heterocycles. The number of rotatable bonds is 5. The summed E-state index contributed by atoms with van der Waals surface area (Å²) in [6.07, 6.45) is 6.64. The molecule has 2 fully saturated rings. The van der Waals surface area contributed by atoms with Gasteiger partial charge in [-0.15, -0.1) is 0 Å². The zero-order chi connectivity index (χ0) is 27.2. The maximum atomic E-state index is 14.4. The van der Waals surface area contributed by atoms with Crippen LogP contribution in [-0.4, -0.2) is 63.2 Å². The van der Waals surface area contributed by atoms with Gasteiger partial charge >= 0.3 is 12.2 Å². The fourth-order valence-corrected chi connectivity index (χ4v) is 6.09. The molecule has 0 amide bonds. The maximum Gasteiger partial charge on any atom is 0.421 e. The van der Waals surface area contributed by atoms with Crippen LogP contribution in [0.1, 0.15) is 44.1 Å². The van der Waals surface area contributed by atoms with Crippen LogP contribution >= 0.6 is 0 Å². The number of anilines is 2. The molecule has 6 rings (SSSR count). The van der Waals surface area contributed by atoms with Gasteiger partial charge in [-0.05, 0) is 57.7 Å². The lowest BCUT2D eigenvalue weighted by Crippen LogP contribution is -2.43. The van der Waals surface area contributed by atoms with Gasteiger partial charge in [-0.3, -0.25) is 9.88 Å². The van der Waals surface area contributed by atoms with Crippen LogP contribution in [0.25, 0.3) is 22.3 Å². The SMILES string of the molecule is Nc1cc(F)c(C(F)(F)F)c(-c2cc3nc(OCC45CCCN4CCC5)nc(N4CCC=CCC4)c3cn2)n1. The van der Waals surface area contributed by atoms with Gasteiger partial charge in [0.1, 0.15) is 35.3 Å². The van der Waals surface area contributed by atoms with Crippen molar-refractivity contribution in [3.63, 3.8) is 0 Å². The van der Waals surface area contributed by atoms with E-state index in [2.05, 4.69) is 36.9 Å². The number of alkyl halides is 3. The quantitative estimate of drug-likeness (QED) is 0.356. The first-order valence-electron chi connectivity index (χ1n) is 13.2. The first kappa shape index (κ1) is 25.7. The molecule has 2 saturated heterocycles. The average molecular weight is 544 g/mol. The molecule has 3 aliphatic rings.